The largest absolute Gasteiger partial charge is 0.444 e. The minimum atomic E-state index is -0.574. The lowest BCUT2D eigenvalue weighted by molar-refractivity contribution is 0.0306. The van der Waals surface area contributed by atoms with Gasteiger partial charge in [0.05, 0.1) is 18.4 Å². The average Bonchev–Trinajstić information content (AvgIpc) is 3.19. The van der Waals surface area contributed by atoms with E-state index in [-0.39, 0.29) is 11.5 Å². The Morgan fingerprint density at radius 2 is 2.11 bits per heavy atom. The zero-order valence-electron chi connectivity index (χ0n) is 16.2. The van der Waals surface area contributed by atoms with Crippen molar-refractivity contribution in [1.29, 1.82) is 5.26 Å². The highest BCUT2D eigenvalue weighted by atomic mass is 16.6. The monoisotopic (exact) mass is 369 g/mol. The number of aromatic nitrogens is 3. The highest BCUT2D eigenvalue weighted by Crippen LogP contribution is 2.27. The predicted octanol–water partition coefficient (Wildman–Crippen LogP) is 2.65. The van der Waals surface area contributed by atoms with E-state index in [1.807, 2.05) is 46.8 Å². The Labute approximate surface area is 157 Å². The van der Waals surface area contributed by atoms with E-state index in [1.165, 1.54) is 10.7 Å². The molecule has 3 rings (SSSR count). The number of hydrogen-bond donors (Lipinski definition) is 1. The van der Waals surface area contributed by atoms with Crippen molar-refractivity contribution in [2.75, 3.05) is 13.1 Å². The molecule has 142 valence electrons. The zero-order chi connectivity index (χ0) is 19.9. The summed E-state index contributed by atoms with van der Waals surface area (Å²) in [6.07, 6.45) is 2.88. The summed E-state index contributed by atoms with van der Waals surface area (Å²) in [5.41, 5.74) is 1.87. The van der Waals surface area contributed by atoms with Gasteiger partial charge < -0.3 is 14.6 Å². The normalized spacial score (nSPS) is 14.6. The molecule has 8 heteroatoms. The number of rotatable bonds is 2. The summed E-state index contributed by atoms with van der Waals surface area (Å²) in [4.78, 5) is 30.0. The first-order chi connectivity index (χ1) is 12.6. The van der Waals surface area contributed by atoms with Gasteiger partial charge >= 0.3 is 6.09 Å². The van der Waals surface area contributed by atoms with Crippen LogP contribution in [0.5, 0.6) is 0 Å². The molecule has 0 atom stereocenters. The van der Waals surface area contributed by atoms with Gasteiger partial charge in [-0.15, -0.1) is 0 Å². The van der Waals surface area contributed by atoms with Gasteiger partial charge in [-0.1, -0.05) is 19.9 Å². The molecule has 1 N–H and O–H groups in total. The van der Waals surface area contributed by atoms with Crippen LogP contribution in [0.3, 0.4) is 0 Å². The molecule has 3 heterocycles. The van der Waals surface area contributed by atoms with E-state index in [2.05, 4.69) is 10.1 Å². The smallest absolute Gasteiger partial charge is 0.410 e. The number of amides is 1. The molecule has 0 unspecified atom stereocenters. The van der Waals surface area contributed by atoms with Gasteiger partial charge in [0.1, 0.15) is 17.2 Å². The minimum Gasteiger partial charge on any atom is -0.444 e. The van der Waals surface area contributed by atoms with Crippen LogP contribution in [-0.4, -0.2) is 44.3 Å². The molecule has 0 spiro atoms. The maximum atomic E-state index is 12.9. The predicted molar refractivity (Wildman–Crippen MR) is 100 cm³/mol. The van der Waals surface area contributed by atoms with Crippen molar-refractivity contribution in [3.8, 4) is 6.07 Å². The molecular weight excluding hydrogens is 346 g/mol. The lowest BCUT2D eigenvalue weighted by Crippen LogP contribution is -2.35. The number of ether oxygens (including phenoxy) is 1. The number of H-pyrrole nitrogens is 1. The molecule has 0 saturated carbocycles. The van der Waals surface area contributed by atoms with Crippen LogP contribution in [0.2, 0.25) is 0 Å². The van der Waals surface area contributed by atoms with E-state index in [1.54, 1.807) is 4.90 Å². The lowest BCUT2D eigenvalue weighted by atomic mass is 9.98. The summed E-state index contributed by atoms with van der Waals surface area (Å²) in [5.74, 6) is -0.0561. The van der Waals surface area contributed by atoms with Crippen molar-refractivity contribution < 1.29 is 9.53 Å². The molecule has 0 aromatic carbocycles. The van der Waals surface area contributed by atoms with Gasteiger partial charge in [-0.25, -0.2) is 4.79 Å². The van der Waals surface area contributed by atoms with Crippen LogP contribution in [0.15, 0.2) is 17.1 Å². The van der Waals surface area contributed by atoms with Crippen molar-refractivity contribution in [2.24, 2.45) is 0 Å². The van der Waals surface area contributed by atoms with E-state index >= 15 is 0 Å². The first-order valence-corrected chi connectivity index (χ1v) is 8.83. The lowest BCUT2D eigenvalue weighted by Gasteiger charge is -2.24. The van der Waals surface area contributed by atoms with Crippen molar-refractivity contribution >= 4 is 17.3 Å². The van der Waals surface area contributed by atoms with Crippen LogP contribution in [-0.2, 0) is 4.74 Å². The first-order valence-electron chi connectivity index (χ1n) is 8.83. The van der Waals surface area contributed by atoms with Gasteiger partial charge in [0.25, 0.3) is 5.56 Å². The van der Waals surface area contributed by atoms with Gasteiger partial charge in [-0.05, 0) is 32.3 Å². The molecular formula is C19H23N5O3. The van der Waals surface area contributed by atoms with Crippen molar-refractivity contribution in [2.45, 2.75) is 46.1 Å². The SMILES string of the molecule is CC(C)c1c(C2=CCN(C(=O)OC(C)(C)C)C2)[nH]c2c(C#N)cnn2c1=O. The van der Waals surface area contributed by atoms with Crippen LogP contribution >= 0.6 is 0 Å². The van der Waals surface area contributed by atoms with Gasteiger partial charge in [-0.3, -0.25) is 4.79 Å². The van der Waals surface area contributed by atoms with E-state index in [9.17, 15) is 14.9 Å². The van der Waals surface area contributed by atoms with Gasteiger partial charge in [0.2, 0.25) is 0 Å². The zero-order valence-corrected chi connectivity index (χ0v) is 16.2. The number of nitrogens with one attached hydrogen (secondary N) is 1. The molecule has 2 aromatic heterocycles. The van der Waals surface area contributed by atoms with Crippen molar-refractivity contribution in [3.63, 3.8) is 0 Å². The Balaban J connectivity index is 2.02. The summed E-state index contributed by atoms with van der Waals surface area (Å²) in [7, 11) is 0. The Hall–Kier alpha value is -3.08. The quantitative estimate of drug-likeness (QED) is 0.876. The topological polar surface area (TPSA) is 103 Å². The summed E-state index contributed by atoms with van der Waals surface area (Å²) in [6, 6.07) is 2.04. The maximum Gasteiger partial charge on any atom is 0.410 e. The fourth-order valence-electron chi connectivity index (χ4n) is 3.10. The fraction of sp³-hybridized carbons (Fsp3) is 0.474. The standard InChI is InChI=1S/C19H23N5O3/c1-11(2)14-15(22-16-13(8-20)9-21-24(16)17(14)25)12-6-7-23(10-12)18(26)27-19(3,4)5/h6,9,11,22H,7,10H2,1-5H3. The number of nitrogens with zero attached hydrogens (tertiary/aromatic N) is 4. The highest BCUT2D eigenvalue weighted by Gasteiger charge is 2.28. The van der Waals surface area contributed by atoms with Crippen LogP contribution in [0.4, 0.5) is 4.79 Å². The molecule has 1 aliphatic rings. The molecule has 0 radical (unpaired) electrons. The Morgan fingerprint density at radius 3 is 2.70 bits per heavy atom. The van der Waals surface area contributed by atoms with Crippen LogP contribution in [0, 0.1) is 11.3 Å². The highest BCUT2D eigenvalue weighted by molar-refractivity contribution is 5.78. The molecule has 8 nitrogen and oxygen atoms in total. The van der Waals surface area contributed by atoms with Crippen LogP contribution in [0.1, 0.15) is 57.4 Å². The number of hydrogen-bond acceptors (Lipinski definition) is 5. The second-order valence-electron chi connectivity index (χ2n) is 7.89. The summed E-state index contributed by atoms with van der Waals surface area (Å²) in [5, 5.41) is 13.3. The molecule has 0 fully saturated rings. The van der Waals surface area contributed by atoms with Crippen LogP contribution in [0.25, 0.3) is 11.2 Å². The Kier molecular flexibility index (Phi) is 4.56. The van der Waals surface area contributed by atoms with Gasteiger partial charge in [-0.2, -0.15) is 14.9 Å². The third-order valence-corrected chi connectivity index (χ3v) is 4.29. The van der Waals surface area contributed by atoms with E-state index < -0.39 is 11.7 Å². The maximum absolute atomic E-state index is 12.9. The summed E-state index contributed by atoms with van der Waals surface area (Å²) < 4.78 is 6.65. The van der Waals surface area contributed by atoms with E-state index in [0.717, 1.165) is 5.57 Å². The first kappa shape index (κ1) is 18.7. The Morgan fingerprint density at radius 1 is 1.41 bits per heavy atom. The third-order valence-electron chi connectivity index (χ3n) is 4.29. The molecule has 0 bridgehead atoms. The molecule has 0 aliphatic carbocycles. The minimum absolute atomic E-state index is 0.0561. The summed E-state index contributed by atoms with van der Waals surface area (Å²) in [6.45, 7) is 10.0. The number of aromatic amines is 1. The summed E-state index contributed by atoms with van der Waals surface area (Å²) >= 11 is 0. The number of carbonyl (C=O) groups excluding carboxylic acids is 1. The van der Waals surface area contributed by atoms with Crippen LogP contribution < -0.4 is 5.56 Å². The van der Waals surface area contributed by atoms with E-state index in [0.29, 0.717) is 35.6 Å². The molecule has 0 saturated heterocycles. The number of carbonyl (C=O) groups is 1. The molecule has 27 heavy (non-hydrogen) atoms. The molecule has 2 aromatic rings. The second kappa shape index (κ2) is 6.58. The third kappa shape index (κ3) is 3.45. The number of fused-ring (bicyclic) bond motifs is 1. The van der Waals surface area contributed by atoms with Crippen molar-refractivity contribution in [1.82, 2.24) is 19.5 Å². The number of nitriles is 1. The van der Waals surface area contributed by atoms with Gasteiger partial charge in [0, 0.05) is 12.1 Å². The fourth-order valence-corrected chi connectivity index (χ4v) is 3.10. The molecule has 1 aliphatic heterocycles. The average molecular weight is 369 g/mol. The van der Waals surface area contributed by atoms with E-state index in [4.69, 9.17) is 4.74 Å². The second-order valence-corrected chi connectivity index (χ2v) is 7.89. The Bertz CT molecular complexity index is 1030. The van der Waals surface area contributed by atoms with Gasteiger partial charge in [0.15, 0.2) is 5.65 Å². The molecule has 1 amide bonds. The van der Waals surface area contributed by atoms with Crippen molar-refractivity contribution in [3.05, 3.63) is 39.4 Å².